The molecular formula is C17H26N4O. The first-order chi connectivity index (χ1) is 10.5. The number of carbonyl (C=O) groups is 1. The van der Waals surface area contributed by atoms with E-state index in [-0.39, 0.29) is 11.9 Å². The molecule has 2 bridgehead atoms. The summed E-state index contributed by atoms with van der Waals surface area (Å²) in [6.45, 7) is 0. The number of hydrogen-bond acceptors (Lipinski definition) is 4. The van der Waals surface area contributed by atoms with Crippen LogP contribution in [0.4, 0.5) is 5.82 Å². The van der Waals surface area contributed by atoms with Crippen LogP contribution >= 0.6 is 0 Å². The number of hydrogen-bond donors (Lipinski definition) is 2. The third-order valence-electron chi connectivity index (χ3n) is 5.14. The molecule has 1 amide bonds. The van der Waals surface area contributed by atoms with E-state index >= 15 is 0 Å². The van der Waals surface area contributed by atoms with Gasteiger partial charge in [-0.25, -0.2) is 4.98 Å². The van der Waals surface area contributed by atoms with Crippen LogP contribution in [0, 0.1) is 11.8 Å². The van der Waals surface area contributed by atoms with Gasteiger partial charge in [0, 0.05) is 32.4 Å². The fourth-order valence-electron chi connectivity index (χ4n) is 4.04. The molecule has 0 aliphatic heterocycles. The maximum absolute atomic E-state index is 12.5. The van der Waals surface area contributed by atoms with Crippen molar-refractivity contribution >= 4 is 11.7 Å². The van der Waals surface area contributed by atoms with Crippen LogP contribution in [0.5, 0.6) is 0 Å². The molecule has 3 rings (SSSR count). The summed E-state index contributed by atoms with van der Waals surface area (Å²) in [6, 6.07) is 4.33. The van der Waals surface area contributed by atoms with Crippen LogP contribution in [0.25, 0.3) is 0 Å². The predicted molar refractivity (Wildman–Crippen MR) is 87.9 cm³/mol. The number of amides is 1. The minimum atomic E-state index is -0.00447. The molecule has 1 aromatic heterocycles. The summed E-state index contributed by atoms with van der Waals surface area (Å²) < 4.78 is 0. The standard InChI is InChI=1S/C17H26N4O/c1-21(2)15-7-6-13(10-19-15)17(22)20-16-11-4-3-5-12(16)9-14(18)8-11/h6-7,10-12,14,16H,3-5,8-9,18H2,1-2H3,(H,20,22). The lowest BCUT2D eigenvalue weighted by molar-refractivity contribution is 0.0755. The largest absolute Gasteiger partial charge is 0.363 e. The van der Waals surface area contributed by atoms with Gasteiger partial charge in [0.05, 0.1) is 5.56 Å². The normalized spacial score (nSPS) is 30.7. The number of pyridine rings is 1. The number of nitrogens with one attached hydrogen (secondary N) is 1. The molecule has 5 nitrogen and oxygen atoms in total. The summed E-state index contributed by atoms with van der Waals surface area (Å²) in [5.41, 5.74) is 6.78. The van der Waals surface area contributed by atoms with Gasteiger partial charge >= 0.3 is 0 Å². The van der Waals surface area contributed by atoms with Gasteiger partial charge in [0.2, 0.25) is 0 Å². The fourth-order valence-corrected chi connectivity index (χ4v) is 4.04. The van der Waals surface area contributed by atoms with Crippen molar-refractivity contribution in [3.05, 3.63) is 23.9 Å². The highest BCUT2D eigenvalue weighted by Gasteiger charge is 2.39. The zero-order valence-corrected chi connectivity index (χ0v) is 13.5. The molecule has 0 saturated heterocycles. The predicted octanol–water partition coefficient (Wildman–Crippen LogP) is 1.78. The Labute approximate surface area is 132 Å². The van der Waals surface area contributed by atoms with Gasteiger partial charge in [0.15, 0.2) is 0 Å². The smallest absolute Gasteiger partial charge is 0.253 e. The zero-order chi connectivity index (χ0) is 15.7. The molecule has 3 N–H and O–H groups in total. The lowest BCUT2D eigenvalue weighted by Gasteiger charge is -2.45. The van der Waals surface area contributed by atoms with Crippen molar-refractivity contribution < 1.29 is 4.79 Å². The first-order valence-electron chi connectivity index (χ1n) is 8.24. The van der Waals surface area contributed by atoms with Crippen molar-refractivity contribution in [3.63, 3.8) is 0 Å². The van der Waals surface area contributed by atoms with Crippen LogP contribution in [0.2, 0.25) is 0 Å². The van der Waals surface area contributed by atoms with Gasteiger partial charge in [0.1, 0.15) is 5.82 Å². The summed E-state index contributed by atoms with van der Waals surface area (Å²) in [5.74, 6) is 1.94. The molecule has 5 heteroatoms. The second-order valence-electron chi connectivity index (χ2n) is 6.98. The monoisotopic (exact) mass is 302 g/mol. The van der Waals surface area contributed by atoms with Crippen molar-refractivity contribution in [2.24, 2.45) is 17.6 Å². The van der Waals surface area contributed by atoms with Gasteiger partial charge in [-0.05, 0) is 49.7 Å². The lowest BCUT2D eigenvalue weighted by atomic mass is 9.67. The van der Waals surface area contributed by atoms with E-state index in [9.17, 15) is 4.79 Å². The van der Waals surface area contributed by atoms with Gasteiger partial charge in [-0.3, -0.25) is 4.79 Å². The van der Waals surface area contributed by atoms with Gasteiger partial charge < -0.3 is 16.0 Å². The van der Waals surface area contributed by atoms with Crippen LogP contribution in [0.3, 0.4) is 0 Å². The molecule has 1 aromatic rings. The average Bonchev–Trinajstić information content (AvgIpc) is 2.48. The number of fused-ring (bicyclic) bond motifs is 2. The molecule has 2 atom stereocenters. The highest BCUT2D eigenvalue weighted by atomic mass is 16.1. The van der Waals surface area contributed by atoms with E-state index in [1.807, 2.05) is 31.1 Å². The molecule has 2 unspecified atom stereocenters. The van der Waals surface area contributed by atoms with Crippen LogP contribution in [0.15, 0.2) is 18.3 Å². The van der Waals surface area contributed by atoms with E-state index < -0.39 is 0 Å². The summed E-state index contributed by atoms with van der Waals surface area (Å²) in [6.07, 6.45) is 7.39. The van der Waals surface area contributed by atoms with Crippen LogP contribution in [0.1, 0.15) is 42.5 Å². The Kier molecular flexibility index (Phi) is 4.34. The van der Waals surface area contributed by atoms with Gasteiger partial charge in [-0.2, -0.15) is 0 Å². The molecule has 2 saturated carbocycles. The zero-order valence-electron chi connectivity index (χ0n) is 13.5. The Morgan fingerprint density at radius 2 is 1.95 bits per heavy atom. The number of aromatic nitrogens is 1. The van der Waals surface area contributed by atoms with E-state index in [2.05, 4.69) is 10.3 Å². The number of carbonyl (C=O) groups excluding carboxylic acids is 1. The second kappa shape index (κ2) is 6.24. The molecule has 22 heavy (non-hydrogen) atoms. The maximum atomic E-state index is 12.5. The first kappa shape index (κ1) is 15.3. The highest BCUT2D eigenvalue weighted by Crippen LogP contribution is 2.39. The van der Waals surface area contributed by atoms with Gasteiger partial charge in [0.25, 0.3) is 5.91 Å². The van der Waals surface area contributed by atoms with Gasteiger partial charge in [-0.1, -0.05) is 6.42 Å². The van der Waals surface area contributed by atoms with Crippen LogP contribution in [-0.2, 0) is 0 Å². The number of nitrogens with zero attached hydrogens (tertiary/aromatic N) is 2. The van der Waals surface area contributed by atoms with Crippen molar-refractivity contribution in [2.75, 3.05) is 19.0 Å². The fraction of sp³-hybridized carbons (Fsp3) is 0.647. The molecular weight excluding hydrogens is 276 g/mol. The summed E-state index contributed by atoms with van der Waals surface area (Å²) in [7, 11) is 3.88. The summed E-state index contributed by atoms with van der Waals surface area (Å²) in [4.78, 5) is 18.8. The minimum absolute atomic E-state index is 0.00447. The average molecular weight is 302 g/mol. The van der Waals surface area contributed by atoms with Crippen LogP contribution < -0.4 is 16.0 Å². The third kappa shape index (κ3) is 3.09. The Morgan fingerprint density at radius 1 is 1.27 bits per heavy atom. The second-order valence-corrected chi connectivity index (χ2v) is 6.98. The Bertz CT molecular complexity index is 514. The van der Waals surface area contributed by atoms with Crippen molar-refractivity contribution in [2.45, 2.75) is 44.2 Å². The highest BCUT2D eigenvalue weighted by molar-refractivity contribution is 5.94. The molecule has 120 valence electrons. The van der Waals surface area contributed by atoms with E-state index in [1.54, 1.807) is 6.20 Å². The Morgan fingerprint density at radius 3 is 2.50 bits per heavy atom. The number of rotatable bonds is 3. The molecule has 0 spiro atoms. The van der Waals surface area contributed by atoms with E-state index in [4.69, 9.17) is 5.73 Å². The summed E-state index contributed by atoms with van der Waals surface area (Å²) in [5, 5.41) is 3.26. The maximum Gasteiger partial charge on any atom is 0.253 e. The van der Waals surface area contributed by atoms with Crippen molar-refractivity contribution in [3.8, 4) is 0 Å². The molecule has 1 heterocycles. The first-order valence-corrected chi connectivity index (χ1v) is 8.24. The Balaban J connectivity index is 1.68. The van der Waals surface area contributed by atoms with E-state index in [0.717, 1.165) is 18.7 Å². The van der Waals surface area contributed by atoms with Crippen molar-refractivity contribution in [1.82, 2.24) is 10.3 Å². The van der Waals surface area contributed by atoms with Crippen molar-refractivity contribution in [1.29, 1.82) is 0 Å². The Hall–Kier alpha value is -1.62. The molecule has 0 aromatic carbocycles. The molecule has 2 aliphatic rings. The third-order valence-corrected chi connectivity index (χ3v) is 5.14. The molecule has 2 fully saturated rings. The van der Waals surface area contributed by atoms with Gasteiger partial charge in [-0.15, -0.1) is 0 Å². The lowest BCUT2D eigenvalue weighted by Crippen LogP contribution is -2.53. The van der Waals surface area contributed by atoms with Crippen LogP contribution in [-0.4, -0.2) is 37.1 Å². The number of anilines is 1. The summed E-state index contributed by atoms with van der Waals surface area (Å²) >= 11 is 0. The SMILES string of the molecule is CN(C)c1ccc(C(=O)NC2C3CCCC2CC(N)C3)cn1. The van der Waals surface area contributed by atoms with E-state index in [1.165, 1.54) is 19.3 Å². The number of nitrogens with two attached hydrogens (primary N) is 1. The topological polar surface area (TPSA) is 71.2 Å². The minimum Gasteiger partial charge on any atom is -0.363 e. The molecule has 0 radical (unpaired) electrons. The molecule has 2 aliphatic carbocycles. The van der Waals surface area contributed by atoms with E-state index in [0.29, 0.717) is 23.4 Å². The quantitative estimate of drug-likeness (QED) is 0.893.